The number of hydrogen-bond donors (Lipinski definition) is 2. The second-order valence-corrected chi connectivity index (χ2v) is 5.15. The largest absolute Gasteiger partial charge is 0.344 e. The van der Waals surface area contributed by atoms with E-state index in [1.54, 1.807) is 42.5 Å². The van der Waals surface area contributed by atoms with Crippen molar-refractivity contribution in [2.24, 2.45) is 0 Å². The van der Waals surface area contributed by atoms with Crippen molar-refractivity contribution >= 4 is 40.7 Å². The molecular formula is C15H12Cl2N2O2. The minimum absolute atomic E-state index is 0.230. The van der Waals surface area contributed by atoms with Crippen molar-refractivity contribution in [1.29, 1.82) is 0 Å². The van der Waals surface area contributed by atoms with Crippen LogP contribution in [0.25, 0.3) is 0 Å². The van der Waals surface area contributed by atoms with Gasteiger partial charge in [-0.3, -0.25) is 9.59 Å². The molecule has 2 aromatic rings. The lowest BCUT2D eigenvalue weighted by Gasteiger charge is -2.07. The van der Waals surface area contributed by atoms with E-state index < -0.39 is 11.8 Å². The first-order valence-corrected chi connectivity index (χ1v) is 6.89. The van der Waals surface area contributed by atoms with E-state index in [0.29, 0.717) is 15.7 Å². The van der Waals surface area contributed by atoms with Gasteiger partial charge < -0.3 is 10.6 Å². The second kappa shape index (κ2) is 7.11. The Kier molecular flexibility index (Phi) is 5.20. The van der Waals surface area contributed by atoms with Gasteiger partial charge >= 0.3 is 11.8 Å². The fraction of sp³-hybridized carbons (Fsp3) is 0.0667. The van der Waals surface area contributed by atoms with Crippen molar-refractivity contribution in [3.05, 3.63) is 64.1 Å². The first-order valence-electron chi connectivity index (χ1n) is 6.14. The number of hydrogen-bond acceptors (Lipinski definition) is 2. The predicted octanol–water partition coefficient (Wildman–Crippen LogP) is 3.25. The molecule has 2 aromatic carbocycles. The summed E-state index contributed by atoms with van der Waals surface area (Å²) in [6.45, 7) is 0.230. The third kappa shape index (κ3) is 4.77. The first-order chi connectivity index (χ1) is 10.0. The molecule has 108 valence electrons. The SMILES string of the molecule is O=C(NCc1cccc(Cl)c1)C(=O)Nc1ccc(Cl)cc1. The molecule has 0 saturated carbocycles. The molecule has 0 radical (unpaired) electrons. The Morgan fingerprint density at radius 3 is 2.29 bits per heavy atom. The number of benzene rings is 2. The first kappa shape index (κ1) is 15.4. The van der Waals surface area contributed by atoms with Crippen molar-refractivity contribution in [2.75, 3.05) is 5.32 Å². The van der Waals surface area contributed by atoms with Crippen molar-refractivity contribution in [3.8, 4) is 0 Å². The van der Waals surface area contributed by atoms with Gasteiger partial charge in [-0.2, -0.15) is 0 Å². The molecule has 0 aliphatic heterocycles. The summed E-state index contributed by atoms with van der Waals surface area (Å²) in [5.74, 6) is -1.45. The highest BCUT2D eigenvalue weighted by atomic mass is 35.5. The Bertz CT molecular complexity index is 657. The van der Waals surface area contributed by atoms with Crippen LogP contribution in [-0.4, -0.2) is 11.8 Å². The fourth-order valence-electron chi connectivity index (χ4n) is 1.63. The van der Waals surface area contributed by atoms with Crippen LogP contribution in [0.5, 0.6) is 0 Å². The van der Waals surface area contributed by atoms with Crippen molar-refractivity contribution in [2.45, 2.75) is 6.54 Å². The zero-order valence-electron chi connectivity index (χ0n) is 10.9. The molecule has 0 aromatic heterocycles. The van der Waals surface area contributed by atoms with Gasteiger partial charge in [-0.25, -0.2) is 0 Å². The van der Waals surface area contributed by atoms with Gasteiger partial charge in [-0.1, -0.05) is 35.3 Å². The Morgan fingerprint density at radius 2 is 1.62 bits per heavy atom. The van der Waals surface area contributed by atoms with Gasteiger partial charge in [0.1, 0.15) is 0 Å². The number of carbonyl (C=O) groups is 2. The Labute approximate surface area is 132 Å². The molecule has 0 spiro atoms. The lowest BCUT2D eigenvalue weighted by molar-refractivity contribution is -0.136. The minimum Gasteiger partial charge on any atom is -0.344 e. The van der Waals surface area contributed by atoms with E-state index in [1.807, 2.05) is 6.07 Å². The quantitative estimate of drug-likeness (QED) is 0.852. The van der Waals surface area contributed by atoms with Gasteiger partial charge in [0.05, 0.1) is 0 Å². The van der Waals surface area contributed by atoms with E-state index in [-0.39, 0.29) is 6.54 Å². The smallest absolute Gasteiger partial charge is 0.313 e. The van der Waals surface area contributed by atoms with Crippen LogP contribution in [0.3, 0.4) is 0 Å². The van der Waals surface area contributed by atoms with Gasteiger partial charge in [0.25, 0.3) is 0 Å². The Morgan fingerprint density at radius 1 is 0.905 bits per heavy atom. The minimum atomic E-state index is -0.737. The molecule has 0 aliphatic carbocycles. The summed E-state index contributed by atoms with van der Waals surface area (Å²) in [7, 11) is 0. The van der Waals surface area contributed by atoms with Crippen LogP contribution < -0.4 is 10.6 Å². The predicted molar refractivity (Wildman–Crippen MR) is 83.4 cm³/mol. The molecule has 21 heavy (non-hydrogen) atoms. The lowest BCUT2D eigenvalue weighted by atomic mass is 10.2. The zero-order chi connectivity index (χ0) is 15.2. The number of rotatable bonds is 3. The van der Waals surface area contributed by atoms with Crippen LogP contribution in [0.1, 0.15) is 5.56 Å². The third-order valence-electron chi connectivity index (χ3n) is 2.65. The fourth-order valence-corrected chi connectivity index (χ4v) is 1.97. The Balaban J connectivity index is 1.88. The maximum Gasteiger partial charge on any atom is 0.313 e. The van der Waals surface area contributed by atoms with Crippen molar-refractivity contribution in [3.63, 3.8) is 0 Å². The molecular weight excluding hydrogens is 311 g/mol. The summed E-state index contributed by atoms with van der Waals surface area (Å²) in [5.41, 5.74) is 1.32. The number of halogens is 2. The zero-order valence-corrected chi connectivity index (χ0v) is 12.4. The van der Waals surface area contributed by atoms with E-state index in [9.17, 15) is 9.59 Å². The summed E-state index contributed by atoms with van der Waals surface area (Å²) in [6, 6.07) is 13.5. The van der Waals surface area contributed by atoms with Crippen LogP contribution in [0.2, 0.25) is 10.0 Å². The molecule has 0 aliphatic rings. The van der Waals surface area contributed by atoms with Crippen LogP contribution >= 0.6 is 23.2 Å². The maximum atomic E-state index is 11.7. The van der Waals surface area contributed by atoms with E-state index in [4.69, 9.17) is 23.2 Å². The summed E-state index contributed by atoms with van der Waals surface area (Å²) in [5, 5.41) is 6.13. The van der Waals surface area contributed by atoms with Gasteiger partial charge in [-0.15, -0.1) is 0 Å². The Hall–Kier alpha value is -2.04. The summed E-state index contributed by atoms with van der Waals surface area (Å²) < 4.78 is 0. The highest BCUT2D eigenvalue weighted by Crippen LogP contribution is 2.13. The summed E-state index contributed by atoms with van der Waals surface area (Å²) >= 11 is 11.6. The molecule has 0 fully saturated rings. The van der Waals surface area contributed by atoms with Gasteiger partial charge in [0.2, 0.25) is 0 Å². The van der Waals surface area contributed by atoms with Crippen molar-refractivity contribution < 1.29 is 9.59 Å². The van der Waals surface area contributed by atoms with E-state index in [0.717, 1.165) is 5.56 Å². The average molecular weight is 323 g/mol. The van der Waals surface area contributed by atoms with Crippen LogP contribution in [0.15, 0.2) is 48.5 Å². The van der Waals surface area contributed by atoms with Crippen LogP contribution in [0, 0.1) is 0 Å². The number of nitrogens with one attached hydrogen (secondary N) is 2. The normalized spacial score (nSPS) is 10.0. The summed E-state index contributed by atoms with van der Waals surface area (Å²) in [4.78, 5) is 23.4. The molecule has 0 heterocycles. The van der Waals surface area contributed by atoms with Crippen LogP contribution in [0.4, 0.5) is 5.69 Å². The molecule has 6 heteroatoms. The van der Waals surface area contributed by atoms with Crippen molar-refractivity contribution in [1.82, 2.24) is 5.32 Å². The standard InChI is InChI=1S/C15H12Cl2N2O2/c16-11-4-6-13(7-5-11)19-15(21)14(20)18-9-10-2-1-3-12(17)8-10/h1-8H,9H2,(H,18,20)(H,19,21). The maximum absolute atomic E-state index is 11.7. The van der Waals surface area contributed by atoms with Crippen LogP contribution in [-0.2, 0) is 16.1 Å². The molecule has 0 atom stereocenters. The topological polar surface area (TPSA) is 58.2 Å². The number of amides is 2. The second-order valence-electron chi connectivity index (χ2n) is 4.27. The van der Waals surface area contributed by atoms with Gasteiger partial charge in [0.15, 0.2) is 0 Å². The molecule has 0 bridgehead atoms. The molecule has 2 amide bonds. The summed E-state index contributed by atoms with van der Waals surface area (Å²) in [6.07, 6.45) is 0. The monoisotopic (exact) mass is 322 g/mol. The number of carbonyl (C=O) groups excluding carboxylic acids is 2. The molecule has 2 rings (SSSR count). The molecule has 4 nitrogen and oxygen atoms in total. The van der Waals surface area contributed by atoms with E-state index in [1.165, 1.54) is 0 Å². The van der Waals surface area contributed by atoms with Gasteiger partial charge in [0, 0.05) is 22.3 Å². The molecule has 0 unspecified atom stereocenters. The average Bonchev–Trinajstić information content (AvgIpc) is 2.47. The third-order valence-corrected chi connectivity index (χ3v) is 3.14. The van der Waals surface area contributed by atoms with E-state index in [2.05, 4.69) is 10.6 Å². The molecule has 0 saturated heterocycles. The van der Waals surface area contributed by atoms with E-state index >= 15 is 0 Å². The highest BCUT2D eigenvalue weighted by Gasteiger charge is 2.13. The number of anilines is 1. The highest BCUT2D eigenvalue weighted by molar-refractivity contribution is 6.39. The molecule has 2 N–H and O–H groups in total. The van der Waals surface area contributed by atoms with Gasteiger partial charge in [-0.05, 0) is 42.0 Å². The lowest BCUT2D eigenvalue weighted by Crippen LogP contribution is -2.34.